The molecule has 1 saturated heterocycles. The van der Waals surface area contributed by atoms with Gasteiger partial charge < -0.3 is 14.5 Å². The third kappa shape index (κ3) is 5.07. The van der Waals surface area contributed by atoms with Gasteiger partial charge in [-0.15, -0.1) is 0 Å². The molecule has 32 heavy (non-hydrogen) atoms. The number of hydrogen-bond acceptors (Lipinski definition) is 5. The second kappa shape index (κ2) is 9.64. The van der Waals surface area contributed by atoms with Gasteiger partial charge in [0.1, 0.15) is 22.2 Å². The third-order valence-corrected chi connectivity index (χ3v) is 7.03. The van der Waals surface area contributed by atoms with E-state index in [2.05, 4.69) is 5.32 Å². The van der Waals surface area contributed by atoms with Gasteiger partial charge in [-0.2, -0.15) is 4.31 Å². The SMILES string of the molecule is O=C(CCc1ccc(-c2ccccc2)o1)Nc1ccc(F)c(S(=O)(=O)N2CCOCC2)c1. The third-order valence-electron chi connectivity index (χ3n) is 5.12. The minimum absolute atomic E-state index is 0.130. The smallest absolute Gasteiger partial charge is 0.246 e. The van der Waals surface area contributed by atoms with Crippen LogP contribution in [0.5, 0.6) is 0 Å². The summed E-state index contributed by atoms with van der Waals surface area (Å²) in [6.07, 6.45) is 0.503. The van der Waals surface area contributed by atoms with E-state index in [0.717, 1.165) is 23.5 Å². The summed E-state index contributed by atoms with van der Waals surface area (Å²) < 4.78 is 52.0. The molecule has 1 aliphatic heterocycles. The number of nitrogens with one attached hydrogen (secondary N) is 1. The van der Waals surface area contributed by atoms with Crippen LogP contribution in [-0.4, -0.2) is 44.9 Å². The van der Waals surface area contributed by atoms with Gasteiger partial charge in [-0.3, -0.25) is 4.79 Å². The molecule has 1 amide bonds. The zero-order valence-corrected chi connectivity index (χ0v) is 18.1. The van der Waals surface area contributed by atoms with Gasteiger partial charge in [-0.1, -0.05) is 30.3 Å². The number of carbonyl (C=O) groups is 1. The van der Waals surface area contributed by atoms with E-state index in [-0.39, 0.29) is 44.3 Å². The zero-order chi connectivity index (χ0) is 22.6. The maximum absolute atomic E-state index is 14.3. The topological polar surface area (TPSA) is 88.8 Å². The van der Waals surface area contributed by atoms with Crippen molar-refractivity contribution in [1.82, 2.24) is 4.31 Å². The van der Waals surface area contributed by atoms with Crippen molar-refractivity contribution in [2.24, 2.45) is 0 Å². The number of sulfonamides is 1. The lowest BCUT2D eigenvalue weighted by Crippen LogP contribution is -2.40. The fourth-order valence-electron chi connectivity index (χ4n) is 3.43. The monoisotopic (exact) mass is 458 g/mol. The molecule has 7 nitrogen and oxygen atoms in total. The summed E-state index contributed by atoms with van der Waals surface area (Å²) in [5, 5.41) is 2.64. The Morgan fingerprint density at radius 2 is 1.78 bits per heavy atom. The highest BCUT2D eigenvalue weighted by Gasteiger charge is 2.29. The number of amides is 1. The van der Waals surface area contributed by atoms with E-state index in [1.54, 1.807) is 0 Å². The van der Waals surface area contributed by atoms with E-state index in [1.165, 1.54) is 10.4 Å². The van der Waals surface area contributed by atoms with E-state index < -0.39 is 20.7 Å². The zero-order valence-electron chi connectivity index (χ0n) is 17.3. The summed E-state index contributed by atoms with van der Waals surface area (Å²) in [7, 11) is -4.02. The molecule has 0 saturated carbocycles. The van der Waals surface area contributed by atoms with E-state index in [4.69, 9.17) is 9.15 Å². The summed E-state index contributed by atoms with van der Waals surface area (Å²) in [5.41, 5.74) is 1.16. The first kappa shape index (κ1) is 22.2. The average molecular weight is 459 g/mol. The Labute approximate surface area is 185 Å². The lowest BCUT2D eigenvalue weighted by Gasteiger charge is -2.26. The van der Waals surface area contributed by atoms with Crippen LogP contribution in [-0.2, 0) is 26.0 Å². The Hall–Kier alpha value is -3.01. The normalized spacial score (nSPS) is 14.9. The molecule has 1 aliphatic rings. The summed E-state index contributed by atoms with van der Waals surface area (Å²) in [4.78, 5) is 11.9. The highest BCUT2D eigenvalue weighted by Crippen LogP contribution is 2.25. The Kier molecular flexibility index (Phi) is 6.69. The predicted molar refractivity (Wildman–Crippen MR) is 117 cm³/mol. The van der Waals surface area contributed by atoms with Crippen molar-refractivity contribution < 1.29 is 26.8 Å². The van der Waals surface area contributed by atoms with E-state index in [1.807, 2.05) is 42.5 Å². The fourth-order valence-corrected chi connectivity index (χ4v) is 4.93. The van der Waals surface area contributed by atoms with Crippen LogP contribution in [0.2, 0.25) is 0 Å². The molecule has 9 heteroatoms. The number of halogens is 1. The van der Waals surface area contributed by atoms with Crippen LogP contribution in [0.25, 0.3) is 11.3 Å². The lowest BCUT2D eigenvalue weighted by atomic mass is 10.2. The van der Waals surface area contributed by atoms with Gasteiger partial charge in [0.25, 0.3) is 0 Å². The van der Waals surface area contributed by atoms with Gasteiger partial charge in [-0.25, -0.2) is 12.8 Å². The van der Waals surface area contributed by atoms with Crippen LogP contribution < -0.4 is 5.32 Å². The summed E-state index contributed by atoms with van der Waals surface area (Å²) >= 11 is 0. The molecule has 2 heterocycles. The molecule has 1 N–H and O–H groups in total. The number of aryl methyl sites for hydroxylation is 1. The Morgan fingerprint density at radius 3 is 2.53 bits per heavy atom. The standard InChI is InChI=1S/C23H23FN2O5S/c24-20-9-6-18(16-22(20)32(28,29)26-12-14-30-15-13-26)25-23(27)11-8-19-7-10-21(31-19)17-4-2-1-3-5-17/h1-7,9-10,16H,8,11-15H2,(H,25,27). The first-order valence-corrected chi connectivity index (χ1v) is 11.7. The number of hydrogen-bond donors (Lipinski definition) is 1. The Balaban J connectivity index is 1.39. The van der Waals surface area contributed by atoms with Crippen LogP contribution in [0.1, 0.15) is 12.2 Å². The van der Waals surface area contributed by atoms with Crippen LogP contribution in [0.3, 0.4) is 0 Å². The largest absolute Gasteiger partial charge is 0.461 e. The second-order valence-electron chi connectivity index (χ2n) is 7.34. The molecule has 4 rings (SSSR count). The highest BCUT2D eigenvalue weighted by molar-refractivity contribution is 7.89. The molecule has 0 radical (unpaired) electrons. The van der Waals surface area contributed by atoms with Gasteiger partial charge in [0.15, 0.2) is 0 Å². The number of nitrogens with zero attached hydrogens (tertiary/aromatic N) is 1. The van der Waals surface area contributed by atoms with E-state index in [0.29, 0.717) is 12.2 Å². The fraction of sp³-hybridized carbons (Fsp3) is 0.261. The quantitative estimate of drug-likeness (QED) is 0.584. The molecule has 1 aromatic heterocycles. The molecular weight excluding hydrogens is 435 g/mol. The number of morpholine rings is 1. The molecule has 0 bridgehead atoms. The van der Waals surface area contributed by atoms with Crippen LogP contribution in [0.4, 0.5) is 10.1 Å². The number of rotatable bonds is 7. The van der Waals surface area contributed by atoms with Gasteiger partial charge in [-0.05, 0) is 30.3 Å². The molecule has 168 valence electrons. The van der Waals surface area contributed by atoms with Crippen LogP contribution in [0, 0.1) is 5.82 Å². The maximum Gasteiger partial charge on any atom is 0.246 e. The molecule has 0 spiro atoms. The number of ether oxygens (including phenoxy) is 1. The van der Waals surface area contributed by atoms with Gasteiger partial charge in [0.05, 0.1) is 13.2 Å². The Morgan fingerprint density at radius 1 is 1.03 bits per heavy atom. The molecule has 0 unspecified atom stereocenters. The van der Waals surface area contributed by atoms with Gasteiger partial charge in [0, 0.05) is 37.2 Å². The summed E-state index contributed by atoms with van der Waals surface area (Å²) in [5.74, 6) is 0.189. The van der Waals surface area contributed by atoms with Crippen molar-refractivity contribution in [3.05, 3.63) is 72.2 Å². The molecule has 0 aliphatic carbocycles. The average Bonchev–Trinajstić information content (AvgIpc) is 3.29. The van der Waals surface area contributed by atoms with Crippen molar-refractivity contribution in [2.75, 3.05) is 31.6 Å². The minimum atomic E-state index is -4.02. The van der Waals surface area contributed by atoms with Crippen molar-refractivity contribution >= 4 is 21.6 Å². The first-order chi connectivity index (χ1) is 15.4. The van der Waals surface area contributed by atoms with E-state index in [9.17, 15) is 17.6 Å². The van der Waals surface area contributed by atoms with Crippen molar-refractivity contribution in [3.63, 3.8) is 0 Å². The molecule has 3 aromatic rings. The summed E-state index contributed by atoms with van der Waals surface area (Å²) in [6.45, 7) is 0.838. The van der Waals surface area contributed by atoms with Crippen LogP contribution in [0.15, 0.2) is 70.0 Å². The van der Waals surface area contributed by atoms with Crippen LogP contribution >= 0.6 is 0 Å². The molecular formula is C23H23FN2O5S. The van der Waals surface area contributed by atoms with Gasteiger partial charge in [0.2, 0.25) is 15.9 Å². The van der Waals surface area contributed by atoms with Crippen molar-refractivity contribution in [1.29, 1.82) is 0 Å². The maximum atomic E-state index is 14.3. The number of carbonyl (C=O) groups excluding carboxylic acids is 1. The molecule has 2 aromatic carbocycles. The summed E-state index contributed by atoms with van der Waals surface area (Å²) in [6, 6.07) is 16.8. The highest BCUT2D eigenvalue weighted by atomic mass is 32.2. The lowest BCUT2D eigenvalue weighted by molar-refractivity contribution is -0.116. The van der Waals surface area contributed by atoms with Crippen molar-refractivity contribution in [2.45, 2.75) is 17.7 Å². The van der Waals surface area contributed by atoms with Gasteiger partial charge >= 0.3 is 0 Å². The number of anilines is 1. The number of furan rings is 1. The molecule has 1 fully saturated rings. The molecule has 0 atom stereocenters. The first-order valence-electron chi connectivity index (χ1n) is 10.2. The second-order valence-corrected chi connectivity index (χ2v) is 9.25. The number of benzene rings is 2. The van der Waals surface area contributed by atoms with Crippen molar-refractivity contribution in [3.8, 4) is 11.3 Å². The predicted octanol–water partition coefficient (Wildman–Crippen LogP) is 3.68. The Bertz CT molecular complexity index is 1190. The minimum Gasteiger partial charge on any atom is -0.461 e. The van der Waals surface area contributed by atoms with E-state index >= 15 is 0 Å².